The van der Waals surface area contributed by atoms with Crippen LogP contribution >= 0.6 is 23.2 Å². The van der Waals surface area contributed by atoms with Crippen molar-refractivity contribution >= 4 is 44.9 Å². The summed E-state index contributed by atoms with van der Waals surface area (Å²) in [6.45, 7) is 0. The molecule has 0 saturated carbocycles. The molecule has 2 rings (SSSR count). The highest BCUT2D eigenvalue weighted by Gasteiger charge is 2.33. The molecule has 22 heavy (non-hydrogen) atoms. The number of amides is 2. The summed E-state index contributed by atoms with van der Waals surface area (Å²) in [5, 5.41) is 0.820. The number of hydrogen-bond donors (Lipinski definition) is 2. The van der Waals surface area contributed by atoms with Crippen molar-refractivity contribution in [1.29, 1.82) is 0 Å². The Kier molecular flexibility index (Phi) is 5.31. The average molecular weight is 365 g/mol. The SMILES string of the molecule is O=C(Cc1ccc(Cl)cc1Cl)NNC(=O)[C@@H]1CCS(=O)(=O)C1. The van der Waals surface area contributed by atoms with Gasteiger partial charge < -0.3 is 0 Å². The summed E-state index contributed by atoms with van der Waals surface area (Å²) in [6, 6.07) is 4.75. The third kappa shape index (κ3) is 4.59. The van der Waals surface area contributed by atoms with Gasteiger partial charge in [0.15, 0.2) is 9.84 Å². The lowest BCUT2D eigenvalue weighted by atomic mass is 10.1. The second-order valence-corrected chi connectivity index (χ2v) is 8.12. The molecule has 120 valence electrons. The van der Waals surface area contributed by atoms with Crippen LogP contribution < -0.4 is 10.9 Å². The maximum Gasteiger partial charge on any atom is 0.242 e. The van der Waals surface area contributed by atoms with Crippen LogP contribution in [-0.4, -0.2) is 31.7 Å². The van der Waals surface area contributed by atoms with Crippen molar-refractivity contribution in [2.75, 3.05) is 11.5 Å². The predicted octanol–water partition coefficient (Wildman–Crippen LogP) is 1.12. The molecule has 2 N–H and O–H groups in total. The molecule has 1 saturated heterocycles. The zero-order chi connectivity index (χ0) is 16.3. The minimum Gasteiger partial charge on any atom is -0.273 e. The van der Waals surface area contributed by atoms with E-state index < -0.39 is 27.6 Å². The second-order valence-electron chi connectivity index (χ2n) is 5.05. The largest absolute Gasteiger partial charge is 0.273 e. The lowest BCUT2D eigenvalue weighted by molar-refractivity contribution is -0.130. The van der Waals surface area contributed by atoms with E-state index in [0.717, 1.165) is 0 Å². The van der Waals surface area contributed by atoms with Crippen LogP contribution in [0.25, 0.3) is 0 Å². The van der Waals surface area contributed by atoms with Crippen LogP contribution in [0.3, 0.4) is 0 Å². The van der Waals surface area contributed by atoms with Crippen LogP contribution in [0.5, 0.6) is 0 Å². The van der Waals surface area contributed by atoms with E-state index in [4.69, 9.17) is 23.2 Å². The highest BCUT2D eigenvalue weighted by molar-refractivity contribution is 7.91. The van der Waals surface area contributed by atoms with Gasteiger partial charge in [0.2, 0.25) is 11.8 Å². The number of halogens is 2. The molecule has 0 radical (unpaired) electrons. The fraction of sp³-hybridized carbons (Fsp3) is 0.385. The van der Waals surface area contributed by atoms with Crippen LogP contribution in [0.15, 0.2) is 18.2 Å². The molecular formula is C13H14Cl2N2O4S. The van der Waals surface area contributed by atoms with Crippen molar-refractivity contribution in [2.24, 2.45) is 5.92 Å². The minimum atomic E-state index is -3.14. The van der Waals surface area contributed by atoms with E-state index in [-0.39, 0.29) is 24.3 Å². The number of hydrogen-bond acceptors (Lipinski definition) is 4. The van der Waals surface area contributed by atoms with Crippen LogP contribution in [0.4, 0.5) is 0 Å². The molecule has 1 atom stereocenters. The molecule has 0 bridgehead atoms. The van der Waals surface area contributed by atoms with Crippen molar-refractivity contribution in [2.45, 2.75) is 12.8 Å². The summed E-state index contributed by atoms with van der Waals surface area (Å²) >= 11 is 11.7. The van der Waals surface area contributed by atoms with Gasteiger partial charge in [-0.05, 0) is 24.1 Å². The third-order valence-electron chi connectivity index (χ3n) is 3.29. The van der Waals surface area contributed by atoms with Crippen molar-refractivity contribution in [3.8, 4) is 0 Å². The Morgan fingerprint density at radius 1 is 1.23 bits per heavy atom. The number of hydrazine groups is 1. The molecule has 1 aliphatic rings. The number of sulfone groups is 1. The van der Waals surface area contributed by atoms with Gasteiger partial charge in [-0.15, -0.1) is 0 Å². The monoisotopic (exact) mass is 364 g/mol. The van der Waals surface area contributed by atoms with Gasteiger partial charge >= 0.3 is 0 Å². The highest BCUT2D eigenvalue weighted by Crippen LogP contribution is 2.21. The minimum absolute atomic E-state index is 0.000580. The molecule has 1 fully saturated rings. The first-order chi connectivity index (χ1) is 10.3. The molecule has 1 aliphatic heterocycles. The summed E-state index contributed by atoms with van der Waals surface area (Å²) in [5.41, 5.74) is 5.06. The molecule has 1 heterocycles. The van der Waals surface area contributed by atoms with Gasteiger partial charge in [0.05, 0.1) is 23.8 Å². The zero-order valence-electron chi connectivity index (χ0n) is 11.4. The fourth-order valence-corrected chi connectivity index (χ4v) is 4.33. The lowest BCUT2D eigenvalue weighted by Crippen LogP contribution is -2.45. The Morgan fingerprint density at radius 2 is 1.95 bits per heavy atom. The summed E-state index contributed by atoms with van der Waals surface area (Å²) in [7, 11) is -3.14. The van der Waals surface area contributed by atoms with Crippen molar-refractivity contribution < 1.29 is 18.0 Å². The summed E-state index contributed by atoms with van der Waals surface area (Å²) in [5.74, 6) is -1.77. The number of rotatable bonds is 3. The van der Waals surface area contributed by atoms with Crippen LogP contribution in [0.1, 0.15) is 12.0 Å². The number of benzene rings is 1. The van der Waals surface area contributed by atoms with E-state index in [1.54, 1.807) is 12.1 Å². The van der Waals surface area contributed by atoms with Gasteiger partial charge in [0, 0.05) is 10.0 Å². The number of carbonyl (C=O) groups is 2. The second kappa shape index (κ2) is 6.85. The normalized spacial score (nSPS) is 19.6. The van der Waals surface area contributed by atoms with Gasteiger partial charge in [-0.2, -0.15) is 0 Å². The van der Waals surface area contributed by atoms with Crippen molar-refractivity contribution in [1.82, 2.24) is 10.9 Å². The molecule has 0 aromatic heterocycles. The predicted molar refractivity (Wildman–Crippen MR) is 83.2 cm³/mol. The smallest absolute Gasteiger partial charge is 0.242 e. The van der Waals surface area contributed by atoms with Gasteiger partial charge in [-0.3, -0.25) is 20.4 Å². The van der Waals surface area contributed by atoms with E-state index in [0.29, 0.717) is 15.6 Å². The Hall–Kier alpha value is -1.31. The number of carbonyl (C=O) groups excluding carboxylic acids is 2. The average Bonchev–Trinajstić information content (AvgIpc) is 2.80. The van der Waals surface area contributed by atoms with E-state index in [1.807, 2.05) is 0 Å². The van der Waals surface area contributed by atoms with Gasteiger partial charge in [-0.25, -0.2) is 8.42 Å². The Bertz CT molecular complexity index is 706. The summed E-state index contributed by atoms with van der Waals surface area (Å²) in [6.07, 6.45) is 0.242. The molecule has 9 heteroatoms. The van der Waals surface area contributed by atoms with Gasteiger partial charge in [0.25, 0.3) is 0 Å². The van der Waals surface area contributed by atoms with Gasteiger partial charge in [-0.1, -0.05) is 29.3 Å². The van der Waals surface area contributed by atoms with E-state index >= 15 is 0 Å². The van der Waals surface area contributed by atoms with Gasteiger partial charge in [0.1, 0.15) is 0 Å². The third-order valence-corrected chi connectivity index (χ3v) is 5.65. The molecular weight excluding hydrogens is 351 g/mol. The first kappa shape index (κ1) is 17.1. The van der Waals surface area contributed by atoms with Crippen LogP contribution in [0, 0.1) is 5.92 Å². The maximum atomic E-state index is 11.8. The first-order valence-corrected chi connectivity index (χ1v) is 9.07. The Balaban J connectivity index is 1.84. The quantitative estimate of drug-likeness (QED) is 0.786. The molecule has 1 aromatic carbocycles. The molecule has 0 unspecified atom stereocenters. The molecule has 2 amide bonds. The topological polar surface area (TPSA) is 92.3 Å². The van der Waals surface area contributed by atoms with E-state index in [1.165, 1.54) is 6.07 Å². The zero-order valence-corrected chi connectivity index (χ0v) is 13.8. The van der Waals surface area contributed by atoms with E-state index in [2.05, 4.69) is 10.9 Å². The summed E-state index contributed by atoms with van der Waals surface area (Å²) < 4.78 is 22.6. The Labute approximate surface area is 138 Å². The molecule has 1 aromatic rings. The van der Waals surface area contributed by atoms with Crippen LogP contribution in [-0.2, 0) is 25.8 Å². The highest BCUT2D eigenvalue weighted by atomic mass is 35.5. The first-order valence-electron chi connectivity index (χ1n) is 6.50. The molecule has 0 spiro atoms. The lowest BCUT2D eigenvalue weighted by Gasteiger charge is -2.11. The van der Waals surface area contributed by atoms with E-state index in [9.17, 15) is 18.0 Å². The maximum absolute atomic E-state index is 11.8. The summed E-state index contributed by atoms with van der Waals surface area (Å²) in [4.78, 5) is 23.5. The van der Waals surface area contributed by atoms with Crippen LogP contribution in [0.2, 0.25) is 10.0 Å². The standard InChI is InChI=1S/C13H14Cl2N2O4S/c14-10-2-1-8(11(15)6-10)5-12(18)16-17-13(19)9-3-4-22(20,21)7-9/h1-2,6,9H,3-5,7H2,(H,16,18)(H,17,19)/t9-/m1/s1. The number of nitrogens with one attached hydrogen (secondary N) is 2. The van der Waals surface area contributed by atoms with Crippen molar-refractivity contribution in [3.05, 3.63) is 33.8 Å². The fourth-order valence-electron chi connectivity index (χ4n) is 2.12. The molecule has 6 nitrogen and oxygen atoms in total. The Morgan fingerprint density at radius 3 is 2.55 bits per heavy atom. The molecule has 0 aliphatic carbocycles. The van der Waals surface area contributed by atoms with Crippen molar-refractivity contribution in [3.63, 3.8) is 0 Å².